The Labute approximate surface area is 123 Å². The van der Waals surface area contributed by atoms with Crippen LogP contribution in [0.15, 0.2) is 18.2 Å². The van der Waals surface area contributed by atoms with E-state index in [2.05, 4.69) is 5.32 Å². The maximum absolute atomic E-state index is 9.00. The molecule has 1 aromatic carbocycles. The summed E-state index contributed by atoms with van der Waals surface area (Å²) in [6, 6.07) is 5.66. The van der Waals surface area contributed by atoms with Crippen molar-refractivity contribution in [3.63, 3.8) is 0 Å². The highest BCUT2D eigenvalue weighted by Crippen LogP contribution is 2.33. The maximum atomic E-state index is 9.00. The average Bonchev–Trinajstić information content (AvgIpc) is 2.65. The van der Waals surface area contributed by atoms with Gasteiger partial charge in [0.25, 0.3) is 0 Å². The van der Waals surface area contributed by atoms with Crippen molar-refractivity contribution in [2.75, 3.05) is 26.3 Å². The Morgan fingerprint density at radius 3 is 2.89 bits per heavy atom. The van der Waals surface area contributed by atoms with Crippen LogP contribution in [0.1, 0.15) is 24.5 Å². The fraction of sp³-hybridized carbons (Fsp3) is 0.571. The van der Waals surface area contributed by atoms with E-state index in [1.54, 1.807) is 0 Å². The lowest BCUT2D eigenvalue weighted by Crippen LogP contribution is -2.24. The molecule has 1 aromatic rings. The molecule has 2 N–H and O–H groups in total. The topological polar surface area (TPSA) is 41.5 Å². The highest BCUT2D eigenvalue weighted by molar-refractivity contribution is 6.42. The number of nitrogens with one attached hydrogen (secondary N) is 1. The molecular weight excluding hydrogens is 285 g/mol. The molecular formula is C14H19Cl2NO2. The summed E-state index contributed by atoms with van der Waals surface area (Å²) in [7, 11) is 0. The molecule has 1 aliphatic heterocycles. The molecule has 1 aliphatic rings. The van der Waals surface area contributed by atoms with E-state index < -0.39 is 0 Å². The van der Waals surface area contributed by atoms with Crippen molar-refractivity contribution in [1.29, 1.82) is 0 Å². The molecule has 0 saturated carbocycles. The number of hydrogen-bond acceptors (Lipinski definition) is 3. The number of halogens is 2. The predicted molar refractivity (Wildman–Crippen MR) is 77.8 cm³/mol. The molecule has 5 heteroatoms. The minimum Gasteiger partial charge on any atom is -0.396 e. The van der Waals surface area contributed by atoms with Crippen molar-refractivity contribution in [3.8, 4) is 0 Å². The Bertz CT molecular complexity index is 414. The van der Waals surface area contributed by atoms with E-state index in [1.165, 1.54) is 0 Å². The third kappa shape index (κ3) is 4.07. The van der Waals surface area contributed by atoms with E-state index in [0.717, 1.165) is 31.5 Å². The molecule has 1 fully saturated rings. The van der Waals surface area contributed by atoms with Crippen LogP contribution in [0.3, 0.4) is 0 Å². The van der Waals surface area contributed by atoms with Gasteiger partial charge in [-0.25, -0.2) is 0 Å². The van der Waals surface area contributed by atoms with Crippen molar-refractivity contribution in [2.24, 2.45) is 5.92 Å². The molecule has 19 heavy (non-hydrogen) atoms. The maximum Gasteiger partial charge on any atom is 0.0866 e. The van der Waals surface area contributed by atoms with Crippen LogP contribution in [0.4, 0.5) is 0 Å². The first-order valence-electron chi connectivity index (χ1n) is 6.60. The third-order valence-corrected chi connectivity index (χ3v) is 4.16. The molecule has 0 spiro atoms. The van der Waals surface area contributed by atoms with Crippen LogP contribution in [0, 0.1) is 5.92 Å². The number of hydrogen-bond donors (Lipinski definition) is 2. The van der Waals surface area contributed by atoms with E-state index in [-0.39, 0.29) is 12.7 Å². The van der Waals surface area contributed by atoms with Gasteiger partial charge >= 0.3 is 0 Å². The van der Waals surface area contributed by atoms with Gasteiger partial charge < -0.3 is 15.2 Å². The first-order valence-corrected chi connectivity index (χ1v) is 7.36. The second-order valence-electron chi connectivity index (χ2n) is 4.79. The molecule has 1 heterocycles. The fourth-order valence-electron chi connectivity index (χ4n) is 2.45. The molecule has 2 atom stereocenters. The molecule has 1 saturated heterocycles. The molecule has 106 valence electrons. The second-order valence-corrected chi connectivity index (χ2v) is 5.61. The summed E-state index contributed by atoms with van der Waals surface area (Å²) in [5.74, 6) is 0.340. The third-order valence-electron chi connectivity index (χ3n) is 3.42. The van der Waals surface area contributed by atoms with Crippen molar-refractivity contribution >= 4 is 23.2 Å². The van der Waals surface area contributed by atoms with E-state index >= 15 is 0 Å². The van der Waals surface area contributed by atoms with E-state index in [1.807, 2.05) is 18.2 Å². The number of rotatable bonds is 4. The molecule has 2 rings (SSSR count). The molecule has 0 unspecified atom stereocenters. The van der Waals surface area contributed by atoms with Crippen molar-refractivity contribution in [1.82, 2.24) is 5.32 Å². The predicted octanol–water partition coefficient (Wildman–Crippen LogP) is 3.04. The van der Waals surface area contributed by atoms with Gasteiger partial charge in [-0.05, 0) is 30.5 Å². The molecule has 0 radical (unpaired) electrons. The van der Waals surface area contributed by atoms with Crippen LogP contribution in [-0.4, -0.2) is 31.4 Å². The van der Waals surface area contributed by atoms with Gasteiger partial charge in [0.1, 0.15) is 0 Å². The van der Waals surface area contributed by atoms with Gasteiger partial charge in [0.15, 0.2) is 0 Å². The Morgan fingerprint density at radius 1 is 1.32 bits per heavy atom. The van der Waals surface area contributed by atoms with Gasteiger partial charge in [-0.1, -0.05) is 29.3 Å². The van der Waals surface area contributed by atoms with Gasteiger partial charge in [-0.2, -0.15) is 0 Å². The Hall–Kier alpha value is -0.320. The SMILES string of the molecule is OCCC[C@@H]1CNCCO[C@H]1c1ccc(Cl)c(Cl)c1. The molecule has 0 aromatic heterocycles. The molecule has 0 aliphatic carbocycles. The monoisotopic (exact) mass is 303 g/mol. The molecule has 0 bridgehead atoms. The number of benzene rings is 1. The lowest BCUT2D eigenvalue weighted by atomic mass is 9.91. The number of aliphatic hydroxyl groups excluding tert-OH is 1. The van der Waals surface area contributed by atoms with Gasteiger partial charge in [0.05, 0.1) is 22.8 Å². The van der Waals surface area contributed by atoms with Crippen LogP contribution in [0.5, 0.6) is 0 Å². The van der Waals surface area contributed by atoms with E-state index in [0.29, 0.717) is 22.6 Å². The van der Waals surface area contributed by atoms with Gasteiger partial charge in [0.2, 0.25) is 0 Å². The van der Waals surface area contributed by atoms with Crippen LogP contribution in [0.2, 0.25) is 10.0 Å². The summed E-state index contributed by atoms with van der Waals surface area (Å²) in [6.45, 7) is 2.64. The summed E-state index contributed by atoms with van der Waals surface area (Å²) in [4.78, 5) is 0. The van der Waals surface area contributed by atoms with Gasteiger partial charge in [-0.3, -0.25) is 0 Å². The minimum atomic E-state index is 0.0105. The zero-order valence-electron chi connectivity index (χ0n) is 10.7. The second kappa shape index (κ2) is 7.46. The minimum absolute atomic E-state index is 0.0105. The number of ether oxygens (including phenoxy) is 1. The Morgan fingerprint density at radius 2 is 2.16 bits per heavy atom. The van der Waals surface area contributed by atoms with Crippen LogP contribution >= 0.6 is 23.2 Å². The highest BCUT2D eigenvalue weighted by Gasteiger charge is 2.26. The normalized spacial score (nSPS) is 24.2. The van der Waals surface area contributed by atoms with E-state index in [9.17, 15) is 0 Å². The standard InChI is InChI=1S/C14H19Cl2NO2/c15-12-4-3-10(8-13(12)16)14-11(2-1-6-18)9-17-5-7-19-14/h3-4,8,11,14,17-18H,1-2,5-7,9H2/t11-,14+/m1/s1. The zero-order chi connectivity index (χ0) is 13.7. The lowest BCUT2D eigenvalue weighted by Gasteiger charge is -2.25. The van der Waals surface area contributed by atoms with Crippen LogP contribution in [-0.2, 0) is 4.74 Å². The zero-order valence-corrected chi connectivity index (χ0v) is 12.3. The summed E-state index contributed by atoms with van der Waals surface area (Å²) >= 11 is 12.0. The van der Waals surface area contributed by atoms with Crippen molar-refractivity contribution in [3.05, 3.63) is 33.8 Å². The van der Waals surface area contributed by atoms with Gasteiger partial charge in [-0.15, -0.1) is 0 Å². The first kappa shape index (κ1) is 15.1. The number of aliphatic hydroxyl groups is 1. The summed E-state index contributed by atoms with van der Waals surface area (Å²) in [5, 5.41) is 13.5. The Balaban J connectivity index is 2.18. The van der Waals surface area contributed by atoms with Gasteiger partial charge in [0, 0.05) is 25.6 Å². The summed E-state index contributed by atoms with van der Waals surface area (Å²) in [6.07, 6.45) is 1.72. The Kier molecular flexibility index (Phi) is 5.92. The smallest absolute Gasteiger partial charge is 0.0866 e. The quantitative estimate of drug-likeness (QED) is 0.898. The lowest BCUT2D eigenvalue weighted by molar-refractivity contribution is 0.0261. The molecule has 0 amide bonds. The first-order chi connectivity index (χ1) is 9.22. The summed E-state index contributed by atoms with van der Waals surface area (Å²) < 4.78 is 5.95. The van der Waals surface area contributed by atoms with Crippen molar-refractivity contribution < 1.29 is 9.84 Å². The van der Waals surface area contributed by atoms with Crippen LogP contribution in [0.25, 0.3) is 0 Å². The van der Waals surface area contributed by atoms with Crippen LogP contribution < -0.4 is 5.32 Å². The molecule has 3 nitrogen and oxygen atoms in total. The average molecular weight is 304 g/mol. The largest absolute Gasteiger partial charge is 0.396 e. The van der Waals surface area contributed by atoms with Crippen molar-refractivity contribution in [2.45, 2.75) is 18.9 Å². The fourth-order valence-corrected chi connectivity index (χ4v) is 2.76. The van der Waals surface area contributed by atoms with E-state index in [4.69, 9.17) is 33.0 Å². The summed E-state index contributed by atoms with van der Waals surface area (Å²) in [5.41, 5.74) is 1.06. The highest BCUT2D eigenvalue weighted by atomic mass is 35.5.